The van der Waals surface area contributed by atoms with Gasteiger partial charge in [0.1, 0.15) is 0 Å². The monoisotopic (exact) mass is 354 g/mol. The predicted octanol–water partition coefficient (Wildman–Crippen LogP) is 2.44. The molecule has 0 bridgehead atoms. The minimum Gasteiger partial charge on any atom is -0.478 e. The number of rotatable bonds is 8. The molecule has 0 fully saturated rings. The number of carboxylic acid groups (broad SMARTS) is 1. The number of nitrogens with one attached hydrogen (secondary N) is 1. The van der Waals surface area contributed by atoms with Gasteiger partial charge in [0.25, 0.3) is 0 Å². The Morgan fingerprint density at radius 2 is 1.88 bits per heavy atom. The zero-order valence-corrected chi connectivity index (χ0v) is 14.6. The molecule has 0 radical (unpaired) electrons. The summed E-state index contributed by atoms with van der Waals surface area (Å²) in [5.41, 5.74) is 9.47. The van der Waals surface area contributed by atoms with Gasteiger partial charge in [-0.05, 0) is 41.3 Å². The van der Waals surface area contributed by atoms with Crippen LogP contribution in [-0.2, 0) is 20.9 Å². The van der Waals surface area contributed by atoms with Gasteiger partial charge in [0.05, 0.1) is 13.2 Å². The van der Waals surface area contributed by atoms with Crippen molar-refractivity contribution in [2.24, 2.45) is 0 Å². The molecule has 0 unspecified atom stereocenters. The largest absolute Gasteiger partial charge is 0.478 e. The molecule has 2 rings (SSSR count). The van der Waals surface area contributed by atoms with Gasteiger partial charge in [-0.2, -0.15) is 0 Å². The summed E-state index contributed by atoms with van der Waals surface area (Å²) >= 11 is 0. The Morgan fingerprint density at radius 3 is 2.54 bits per heavy atom. The van der Waals surface area contributed by atoms with Crippen LogP contribution in [0.4, 0.5) is 5.69 Å². The van der Waals surface area contributed by atoms with E-state index in [2.05, 4.69) is 5.32 Å². The van der Waals surface area contributed by atoms with Crippen LogP contribution in [-0.4, -0.2) is 30.2 Å². The third-order valence-electron chi connectivity index (χ3n) is 3.70. The van der Waals surface area contributed by atoms with Crippen molar-refractivity contribution >= 4 is 23.2 Å². The van der Waals surface area contributed by atoms with Crippen LogP contribution < -0.4 is 11.1 Å². The SMILES string of the molecule is CCOC(=O)CNCc1cc(/C(=C\C(=O)O)c2ccccc2)ccc1N. The summed E-state index contributed by atoms with van der Waals surface area (Å²) in [6.45, 7) is 2.53. The van der Waals surface area contributed by atoms with Crippen molar-refractivity contribution in [1.29, 1.82) is 0 Å². The minimum atomic E-state index is -1.03. The van der Waals surface area contributed by atoms with Gasteiger partial charge in [-0.3, -0.25) is 4.79 Å². The van der Waals surface area contributed by atoms with Crippen LogP contribution in [0, 0.1) is 0 Å². The maximum Gasteiger partial charge on any atom is 0.328 e. The highest BCUT2D eigenvalue weighted by Gasteiger charge is 2.10. The second-order valence-corrected chi connectivity index (χ2v) is 5.58. The number of ether oxygens (including phenoxy) is 1. The lowest BCUT2D eigenvalue weighted by Gasteiger charge is -2.12. The number of hydrogen-bond acceptors (Lipinski definition) is 5. The number of esters is 1. The van der Waals surface area contributed by atoms with Crippen LogP contribution in [0.1, 0.15) is 23.6 Å². The molecule has 2 aromatic carbocycles. The van der Waals surface area contributed by atoms with Crippen LogP contribution in [0.2, 0.25) is 0 Å². The minimum absolute atomic E-state index is 0.0774. The van der Waals surface area contributed by atoms with Gasteiger partial charge in [0.2, 0.25) is 0 Å². The average Bonchev–Trinajstić information content (AvgIpc) is 2.62. The number of carbonyl (C=O) groups excluding carboxylic acids is 1. The molecule has 6 nitrogen and oxygen atoms in total. The molecular formula is C20H22N2O4. The predicted molar refractivity (Wildman–Crippen MR) is 100 cm³/mol. The van der Waals surface area contributed by atoms with Gasteiger partial charge in [0, 0.05) is 18.3 Å². The Morgan fingerprint density at radius 1 is 1.15 bits per heavy atom. The zero-order chi connectivity index (χ0) is 18.9. The molecule has 0 aromatic heterocycles. The van der Waals surface area contributed by atoms with Crippen LogP contribution >= 0.6 is 0 Å². The Hall–Kier alpha value is -3.12. The lowest BCUT2D eigenvalue weighted by atomic mass is 9.95. The Bertz CT molecular complexity index is 801. The first-order chi connectivity index (χ1) is 12.5. The fourth-order valence-corrected chi connectivity index (χ4v) is 2.51. The zero-order valence-electron chi connectivity index (χ0n) is 14.6. The van der Waals surface area contributed by atoms with E-state index in [1.807, 2.05) is 36.4 Å². The Labute approximate surface area is 152 Å². The van der Waals surface area contributed by atoms with E-state index in [0.717, 1.165) is 16.7 Å². The summed E-state index contributed by atoms with van der Waals surface area (Å²) in [6.07, 6.45) is 1.18. The van der Waals surface area contributed by atoms with E-state index in [0.29, 0.717) is 24.4 Å². The van der Waals surface area contributed by atoms with Crippen LogP contribution in [0.5, 0.6) is 0 Å². The molecule has 0 spiro atoms. The van der Waals surface area contributed by atoms with E-state index in [9.17, 15) is 14.7 Å². The second-order valence-electron chi connectivity index (χ2n) is 5.58. The molecule has 136 valence electrons. The van der Waals surface area contributed by atoms with E-state index in [4.69, 9.17) is 10.5 Å². The van der Waals surface area contributed by atoms with E-state index in [1.54, 1.807) is 19.1 Å². The summed E-state index contributed by atoms with van der Waals surface area (Å²) in [5.74, 6) is -1.36. The maximum atomic E-state index is 11.4. The highest BCUT2D eigenvalue weighted by Crippen LogP contribution is 2.26. The van der Waals surface area contributed by atoms with Crippen molar-refractivity contribution in [2.75, 3.05) is 18.9 Å². The molecular weight excluding hydrogens is 332 g/mol. The summed E-state index contributed by atoms with van der Waals surface area (Å²) in [7, 11) is 0. The number of anilines is 1. The third-order valence-corrected chi connectivity index (χ3v) is 3.70. The van der Waals surface area contributed by atoms with Gasteiger partial charge >= 0.3 is 11.9 Å². The van der Waals surface area contributed by atoms with E-state index >= 15 is 0 Å². The molecule has 0 saturated heterocycles. The number of aliphatic carboxylic acids is 1. The van der Waals surface area contributed by atoms with Crippen molar-refractivity contribution in [3.8, 4) is 0 Å². The van der Waals surface area contributed by atoms with Crippen molar-refractivity contribution in [3.63, 3.8) is 0 Å². The first kappa shape index (κ1) is 19.2. The molecule has 0 saturated carbocycles. The van der Waals surface area contributed by atoms with Gasteiger partial charge < -0.3 is 20.9 Å². The van der Waals surface area contributed by atoms with E-state index in [1.165, 1.54) is 6.08 Å². The smallest absolute Gasteiger partial charge is 0.328 e. The molecule has 4 N–H and O–H groups in total. The summed E-state index contributed by atoms with van der Waals surface area (Å²) in [6, 6.07) is 14.6. The lowest BCUT2D eigenvalue weighted by molar-refractivity contribution is -0.142. The van der Waals surface area contributed by atoms with Crippen LogP contribution in [0.15, 0.2) is 54.6 Å². The molecule has 0 heterocycles. The maximum absolute atomic E-state index is 11.4. The fraction of sp³-hybridized carbons (Fsp3) is 0.200. The van der Waals surface area contributed by atoms with Crippen molar-refractivity contribution < 1.29 is 19.4 Å². The number of carbonyl (C=O) groups is 2. The van der Waals surface area contributed by atoms with Gasteiger partial charge in [0.15, 0.2) is 0 Å². The van der Waals surface area contributed by atoms with E-state index < -0.39 is 5.97 Å². The quantitative estimate of drug-likeness (QED) is 0.382. The number of benzene rings is 2. The second kappa shape index (κ2) is 9.39. The number of carboxylic acids is 1. The molecule has 0 amide bonds. The standard InChI is InChI=1S/C20H22N2O4/c1-2-26-20(25)13-22-12-16-10-15(8-9-18(16)21)17(11-19(23)24)14-6-4-3-5-7-14/h3-11,22H,2,12-13,21H2,1H3,(H,23,24)/b17-11-. The van der Waals surface area contributed by atoms with Crippen LogP contribution in [0.25, 0.3) is 5.57 Å². The normalized spacial score (nSPS) is 11.2. The van der Waals surface area contributed by atoms with Crippen molar-refractivity contribution in [1.82, 2.24) is 5.32 Å². The molecule has 0 aliphatic carbocycles. The molecule has 6 heteroatoms. The summed E-state index contributed by atoms with van der Waals surface area (Å²) in [5, 5.41) is 12.2. The highest BCUT2D eigenvalue weighted by atomic mass is 16.5. The van der Waals surface area contributed by atoms with Crippen LogP contribution in [0.3, 0.4) is 0 Å². The van der Waals surface area contributed by atoms with Crippen molar-refractivity contribution in [3.05, 3.63) is 71.3 Å². The molecule has 0 atom stereocenters. The molecule has 0 aliphatic heterocycles. The summed E-state index contributed by atoms with van der Waals surface area (Å²) in [4.78, 5) is 22.7. The average molecular weight is 354 g/mol. The topological polar surface area (TPSA) is 102 Å². The molecule has 0 aliphatic rings. The first-order valence-corrected chi connectivity index (χ1v) is 8.26. The number of hydrogen-bond donors (Lipinski definition) is 3. The van der Waals surface area contributed by atoms with Gasteiger partial charge in [-0.25, -0.2) is 4.79 Å². The molecule has 26 heavy (non-hydrogen) atoms. The Kier molecular flexibility index (Phi) is 6.93. The number of nitrogens with two attached hydrogens (primary N) is 1. The third kappa shape index (κ3) is 5.46. The number of nitrogen functional groups attached to an aromatic ring is 1. The summed E-state index contributed by atoms with van der Waals surface area (Å²) < 4.78 is 4.87. The van der Waals surface area contributed by atoms with Gasteiger partial charge in [-0.1, -0.05) is 36.4 Å². The lowest BCUT2D eigenvalue weighted by Crippen LogP contribution is -2.24. The first-order valence-electron chi connectivity index (χ1n) is 8.26. The van der Waals surface area contributed by atoms with E-state index in [-0.39, 0.29) is 12.5 Å². The van der Waals surface area contributed by atoms with Crippen molar-refractivity contribution in [2.45, 2.75) is 13.5 Å². The Balaban J connectivity index is 2.25. The molecule has 2 aromatic rings. The fourth-order valence-electron chi connectivity index (χ4n) is 2.51. The van der Waals surface area contributed by atoms with Gasteiger partial charge in [-0.15, -0.1) is 0 Å². The highest BCUT2D eigenvalue weighted by molar-refractivity contribution is 5.95.